The fourth-order valence-electron chi connectivity index (χ4n) is 5.14. The summed E-state index contributed by atoms with van der Waals surface area (Å²) in [5, 5.41) is 22.5. The summed E-state index contributed by atoms with van der Waals surface area (Å²) in [6.45, 7) is 4.03. The Kier molecular flexibility index (Phi) is 8.89. The number of Topliss-reactive ketones (excluding diaryl/α,β-unsaturated/α-hetero) is 1. The summed E-state index contributed by atoms with van der Waals surface area (Å²) in [6.07, 6.45) is 0.594. The number of benzene rings is 3. The average molecular weight is 576 g/mol. The lowest BCUT2D eigenvalue weighted by Gasteiger charge is -2.29. The number of rotatable bonds is 10. The smallest absolute Gasteiger partial charge is 0.295 e. The van der Waals surface area contributed by atoms with Crippen molar-refractivity contribution < 1.29 is 33.5 Å². The topological polar surface area (TPSA) is 122 Å². The summed E-state index contributed by atoms with van der Waals surface area (Å²) in [6, 6.07) is 17.1. The van der Waals surface area contributed by atoms with Crippen LogP contribution in [-0.2, 0) is 20.9 Å². The van der Waals surface area contributed by atoms with Crippen molar-refractivity contribution in [2.75, 3.05) is 39.4 Å². The summed E-state index contributed by atoms with van der Waals surface area (Å²) in [7, 11) is 0. The Bertz CT molecular complexity index is 1470. The number of aliphatic hydroxyl groups excluding tert-OH is 1. The Labute approximate surface area is 241 Å². The van der Waals surface area contributed by atoms with Crippen molar-refractivity contribution in [3.63, 3.8) is 0 Å². The SMILES string of the molecule is O=C1C(=O)N(CCCN2CCOCC2)C(c2ccc([N+](=O)[O-])cc2)/C1=C(/O)c1ccc(OCc2ccc(F)cc2)cc1. The molecule has 2 heterocycles. The van der Waals surface area contributed by atoms with Crippen LogP contribution in [0.4, 0.5) is 10.1 Å². The van der Waals surface area contributed by atoms with E-state index in [4.69, 9.17) is 9.47 Å². The molecule has 1 atom stereocenters. The maximum absolute atomic E-state index is 13.3. The molecule has 1 unspecified atom stereocenters. The standard InChI is InChI=1S/C31H30FN3O7/c32-24-8-2-21(3-9-24)20-42-26-12-6-23(7-13-26)29(36)27-28(22-4-10-25(11-5-22)35(39)40)34(31(38)30(27)37)15-1-14-33-16-18-41-19-17-33/h2-13,28,36H,1,14-20H2/b29-27-. The first kappa shape index (κ1) is 28.9. The highest BCUT2D eigenvalue weighted by Crippen LogP contribution is 2.40. The van der Waals surface area contributed by atoms with E-state index in [1.54, 1.807) is 36.4 Å². The number of ether oxygens (including phenoxy) is 2. The molecule has 10 nitrogen and oxygen atoms in total. The molecule has 3 aromatic rings. The number of aliphatic hydroxyl groups is 1. The summed E-state index contributed by atoms with van der Waals surface area (Å²) in [4.78, 5) is 40.9. The van der Waals surface area contributed by atoms with Crippen molar-refractivity contribution in [2.45, 2.75) is 19.1 Å². The number of amides is 1. The molecule has 2 fully saturated rings. The maximum atomic E-state index is 13.3. The van der Waals surface area contributed by atoms with Gasteiger partial charge in [-0.25, -0.2) is 4.39 Å². The minimum absolute atomic E-state index is 0.0831. The van der Waals surface area contributed by atoms with E-state index in [1.807, 2.05) is 0 Å². The number of nitrogens with zero attached hydrogens (tertiary/aromatic N) is 3. The number of hydrogen-bond acceptors (Lipinski definition) is 8. The molecule has 5 rings (SSSR count). The van der Waals surface area contributed by atoms with Crippen LogP contribution in [0.2, 0.25) is 0 Å². The van der Waals surface area contributed by atoms with Crippen LogP contribution >= 0.6 is 0 Å². The summed E-state index contributed by atoms with van der Waals surface area (Å²) < 4.78 is 24.3. The number of carbonyl (C=O) groups is 2. The van der Waals surface area contributed by atoms with Gasteiger partial charge in [-0.05, 0) is 66.1 Å². The van der Waals surface area contributed by atoms with Crippen LogP contribution in [0.25, 0.3) is 5.76 Å². The Morgan fingerprint density at radius 1 is 0.976 bits per heavy atom. The van der Waals surface area contributed by atoms with E-state index in [9.17, 15) is 29.2 Å². The molecule has 0 aliphatic carbocycles. The van der Waals surface area contributed by atoms with E-state index in [1.165, 1.54) is 41.3 Å². The lowest BCUT2D eigenvalue weighted by atomic mass is 9.95. The van der Waals surface area contributed by atoms with E-state index < -0.39 is 22.7 Å². The van der Waals surface area contributed by atoms with Crippen molar-refractivity contribution >= 4 is 23.1 Å². The highest BCUT2D eigenvalue weighted by Gasteiger charge is 2.46. The highest BCUT2D eigenvalue weighted by atomic mass is 19.1. The molecule has 0 aromatic heterocycles. The van der Waals surface area contributed by atoms with Crippen LogP contribution in [-0.4, -0.2) is 70.9 Å². The van der Waals surface area contributed by atoms with Gasteiger partial charge in [0.25, 0.3) is 17.4 Å². The van der Waals surface area contributed by atoms with Gasteiger partial charge in [0, 0.05) is 43.9 Å². The molecule has 0 spiro atoms. The summed E-state index contributed by atoms with van der Waals surface area (Å²) >= 11 is 0. The Hall–Kier alpha value is -4.61. The fraction of sp³-hybridized carbons (Fsp3) is 0.290. The number of halogens is 1. The zero-order valence-electron chi connectivity index (χ0n) is 22.8. The number of likely N-dealkylation sites (tertiary alicyclic amines) is 1. The molecule has 2 aliphatic rings. The van der Waals surface area contributed by atoms with Crippen LogP contribution in [0.5, 0.6) is 5.75 Å². The lowest BCUT2D eigenvalue weighted by Crippen LogP contribution is -2.38. The monoisotopic (exact) mass is 575 g/mol. The van der Waals surface area contributed by atoms with E-state index >= 15 is 0 Å². The molecule has 0 radical (unpaired) electrons. The van der Waals surface area contributed by atoms with Gasteiger partial charge in [0.05, 0.1) is 29.8 Å². The maximum Gasteiger partial charge on any atom is 0.295 e. The predicted molar refractivity (Wildman–Crippen MR) is 151 cm³/mol. The van der Waals surface area contributed by atoms with E-state index in [-0.39, 0.29) is 36.0 Å². The largest absolute Gasteiger partial charge is 0.507 e. The van der Waals surface area contributed by atoms with Gasteiger partial charge in [-0.15, -0.1) is 0 Å². The molecule has 42 heavy (non-hydrogen) atoms. The molecular weight excluding hydrogens is 545 g/mol. The molecule has 0 bridgehead atoms. The van der Waals surface area contributed by atoms with Gasteiger partial charge in [0.1, 0.15) is 23.9 Å². The molecular formula is C31H30FN3O7. The number of ketones is 1. The molecule has 0 saturated carbocycles. The van der Waals surface area contributed by atoms with Crippen LogP contribution in [0.3, 0.4) is 0 Å². The number of carbonyl (C=O) groups excluding carboxylic acids is 2. The first-order chi connectivity index (χ1) is 20.3. The van der Waals surface area contributed by atoms with Crippen LogP contribution in [0, 0.1) is 15.9 Å². The normalized spacial score (nSPS) is 18.8. The Balaban J connectivity index is 1.40. The van der Waals surface area contributed by atoms with Crippen molar-refractivity contribution in [3.05, 3.63) is 111 Å². The zero-order valence-corrected chi connectivity index (χ0v) is 22.8. The first-order valence-corrected chi connectivity index (χ1v) is 13.6. The number of hydrogen-bond donors (Lipinski definition) is 1. The second-order valence-electron chi connectivity index (χ2n) is 10.1. The van der Waals surface area contributed by atoms with Gasteiger partial charge in [-0.2, -0.15) is 0 Å². The number of nitro benzene ring substituents is 1. The van der Waals surface area contributed by atoms with Gasteiger partial charge in [0.15, 0.2) is 0 Å². The summed E-state index contributed by atoms with van der Waals surface area (Å²) in [5.74, 6) is -1.75. The van der Waals surface area contributed by atoms with Gasteiger partial charge >= 0.3 is 0 Å². The average Bonchev–Trinajstić information content (AvgIpc) is 3.26. The molecule has 3 aromatic carbocycles. The Morgan fingerprint density at radius 2 is 1.64 bits per heavy atom. The van der Waals surface area contributed by atoms with Crippen molar-refractivity contribution in [2.24, 2.45) is 0 Å². The molecule has 1 amide bonds. The third kappa shape index (κ3) is 6.48. The Morgan fingerprint density at radius 3 is 2.29 bits per heavy atom. The first-order valence-electron chi connectivity index (χ1n) is 13.6. The number of non-ortho nitro benzene ring substituents is 1. The number of nitro groups is 1. The lowest BCUT2D eigenvalue weighted by molar-refractivity contribution is -0.384. The number of morpholine rings is 1. The van der Waals surface area contributed by atoms with Gasteiger partial charge in [-0.3, -0.25) is 24.6 Å². The highest BCUT2D eigenvalue weighted by molar-refractivity contribution is 6.46. The van der Waals surface area contributed by atoms with E-state index in [2.05, 4.69) is 4.90 Å². The van der Waals surface area contributed by atoms with Gasteiger partial charge < -0.3 is 19.5 Å². The van der Waals surface area contributed by atoms with Gasteiger partial charge in [0.2, 0.25) is 0 Å². The second-order valence-corrected chi connectivity index (χ2v) is 10.1. The molecule has 218 valence electrons. The van der Waals surface area contributed by atoms with Crippen molar-refractivity contribution in [1.82, 2.24) is 9.80 Å². The molecule has 2 aliphatic heterocycles. The molecule has 11 heteroatoms. The minimum Gasteiger partial charge on any atom is -0.507 e. The fourth-order valence-corrected chi connectivity index (χ4v) is 5.14. The third-order valence-electron chi connectivity index (χ3n) is 7.38. The third-order valence-corrected chi connectivity index (χ3v) is 7.38. The quantitative estimate of drug-likeness (QED) is 0.124. The summed E-state index contributed by atoms with van der Waals surface area (Å²) in [5.41, 5.74) is 1.36. The van der Waals surface area contributed by atoms with E-state index in [0.29, 0.717) is 43.1 Å². The van der Waals surface area contributed by atoms with Crippen molar-refractivity contribution in [3.8, 4) is 5.75 Å². The predicted octanol–water partition coefficient (Wildman–Crippen LogP) is 4.46. The molecule has 2 saturated heterocycles. The van der Waals surface area contributed by atoms with Crippen LogP contribution in [0.15, 0.2) is 78.4 Å². The second kappa shape index (κ2) is 12.9. The minimum atomic E-state index is -0.912. The van der Waals surface area contributed by atoms with Gasteiger partial charge in [-0.1, -0.05) is 12.1 Å². The van der Waals surface area contributed by atoms with Crippen molar-refractivity contribution in [1.29, 1.82) is 0 Å². The van der Waals surface area contributed by atoms with E-state index in [0.717, 1.165) is 18.7 Å². The molecule has 1 N–H and O–H groups in total. The zero-order chi connectivity index (χ0) is 29.6. The van der Waals surface area contributed by atoms with Crippen LogP contribution in [0.1, 0.15) is 29.2 Å². The van der Waals surface area contributed by atoms with Crippen LogP contribution < -0.4 is 4.74 Å².